The fourth-order valence-electron chi connectivity index (χ4n) is 2.54. The van der Waals surface area contributed by atoms with E-state index in [9.17, 15) is 13.6 Å². The summed E-state index contributed by atoms with van der Waals surface area (Å²) >= 11 is 0. The summed E-state index contributed by atoms with van der Waals surface area (Å²) in [6.07, 6.45) is 0. The lowest BCUT2D eigenvalue weighted by Crippen LogP contribution is -2.42. The number of ether oxygens (including phenoxy) is 1. The van der Waals surface area contributed by atoms with Crippen molar-refractivity contribution >= 4 is 5.97 Å². The number of carboxylic acid groups (broad SMARTS) is 1. The van der Waals surface area contributed by atoms with Crippen LogP contribution in [0.25, 0.3) is 0 Å². The number of likely N-dealkylation sites (N-methyl/N-ethyl adjacent to an activating group) is 1. The predicted molar refractivity (Wildman–Crippen MR) is 68.2 cm³/mol. The second-order valence-electron chi connectivity index (χ2n) is 4.89. The third-order valence-electron chi connectivity index (χ3n) is 3.55. The summed E-state index contributed by atoms with van der Waals surface area (Å²) < 4.78 is 31.6. The largest absolute Gasteiger partial charge is 0.481 e. The Morgan fingerprint density at radius 2 is 2.00 bits per heavy atom. The fraction of sp³-hybridized carbons (Fsp3) is 0.500. The van der Waals surface area contributed by atoms with Crippen molar-refractivity contribution in [3.63, 3.8) is 0 Å². The molecule has 110 valence electrons. The molecule has 1 N–H and O–H groups in total. The molecular formula is C14H17F2NO3. The Hall–Kier alpha value is -1.53. The van der Waals surface area contributed by atoms with Gasteiger partial charge in [-0.3, -0.25) is 9.69 Å². The third kappa shape index (κ3) is 3.32. The van der Waals surface area contributed by atoms with Gasteiger partial charge in [-0.2, -0.15) is 0 Å². The lowest BCUT2D eigenvalue weighted by molar-refractivity contribution is -0.143. The van der Waals surface area contributed by atoms with Crippen molar-refractivity contribution in [3.05, 3.63) is 35.4 Å². The molecule has 0 aliphatic carbocycles. The van der Waals surface area contributed by atoms with Gasteiger partial charge in [0.05, 0.1) is 19.1 Å². The minimum Gasteiger partial charge on any atom is -0.481 e. The average Bonchev–Trinajstić information content (AvgIpc) is 2.83. The Morgan fingerprint density at radius 3 is 2.55 bits per heavy atom. The van der Waals surface area contributed by atoms with E-state index in [1.807, 2.05) is 11.8 Å². The molecule has 1 saturated heterocycles. The molecule has 0 radical (unpaired) electrons. The van der Waals surface area contributed by atoms with Crippen molar-refractivity contribution < 1.29 is 23.4 Å². The van der Waals surface area contributed by atoms with Gasteiger partial charge in [0.2, 0.25) is 0 Å². The number of nitrogens with zero attached hydrogens (tertiary/aromatic N) is 1. The fourth-order valence-corrected chi connectivity index (χ4v) is 2.54. The van der Waals surface area contributed by atoms with Crippen LogP contribution in [0, 0.1) is 17.6 Å². The lowest BCUT2D eigenvalue weighted by atomic mass is 10.0. The molecule has 1 aliphatic heterocycles. The molecule has 0 spiro atoms. The molecule has 6 heteroatoms. The third-order valence-corrected chi connectivity index (χ3v) is 3.55. The minimum atomic E-state index is -0.906. The Morgan fingerprint density at radius 1 is 1.35 bits per heavy atom. The van der Waals surface area contributed by atoms with E-state index in [2.05, 4.69) is 0 Å². The zero-order valence-electron chi connectivity index (χ0n) is 11.2. The summed E-state index contributed by atoms with van der Waals surface area (Å²) in [5, 5.41) is 9.16. The van der Waals surface area contributed by atoms with Gasteiger partial charge in [-0.1, -0.05) is 6.92 Å². The SMILES string of the molecule is CCN(Cc1cc(F)cc(F)c1)C1COCC1C(=O)O. The maximum absolute atomic E-state index is 13.2. The second-order valence-corrected chi connectivity index (χ2v) is 4.89. The molecule has 20 heavy (non-hydrogen) atoms. The average molecular weight is 285 g/mol. The molecule has 1 aromatic rings. The van der Waals surface area contributed by atoms with Crippen molar-refractivity contribution in [1.82, 2.24) is 4.90 Å². The van der Waals surface area contributed by atoms with E-state index in [1.54, 1.807) is 0 Å². The first-order valence-electron chi connectivity index (χ1n) is 6.50. The number of hydrogen-bond acceptors (Lipinski definition) is 3. The van der Waals surface area contributed by atoms with Crippen LogP contribution in [0.3, 0.4) is 0 Å². The first-order valence-corrected chi connectivity index (χ1v) is 6.50. The molecule has 1 heterocycles. The smallest absolute Gasteiger partial charge is 0.310 e. The molecule has 2 rings (SSSR count). The van der Waals surface area contributed by atoms with Crippen LogP contribution in [0.5, 0.6) is 0 Å². The quantitative estimate of drug-likeness (QED) is 0.897. The Balaban J connectivity index is 2.14. The highest BCUT2D eigenvalue weighted by Gasteiger charge is 2.37. The first kappa shape index (κ1) is 14.9. The van der Waals surface area contributed by atoms with Crippen molar-refractivity contribution in [3.8, 4) is 0 Å². The van der Waals surface area contributed by atoms with Gasteiger partial charge in [0, 0.05) is 18.7 Å². The number of carboxylic acids is 1. The van der Waals surface area contributed by atoms with Crippen LogP contribution in [0.1, 0.15) is 12.5 Å². The van der Waals surface area contributed by atoms with Crippen LogP contribution in [0.4, 0.5) is 8.78 Å². The molecular weight excluding hydrogens is 268 g/mol. The van der Waals surface area contributed by atoms with Gasteiger partial charge < -0.3 is 9.84 Å². The summed E-state index contributed by atoms with van der Waals surface area (Å²) in [6, 6.07) is 3.07. The maximum atomic E-state index is 13.2. The molecule has 1 aromatic carbocycles. The van der Waals surface area contributed by atoms with Gasteiger partial charge in [-0.25, -0.2) is 8.78 Å². The summed E-state index contributed by atoms with van der Waals surface area (Å²) in [5.41, 5.74) is 0.486. The number of aliphatic carboxylic acids is 1. The highest BCUT2D eigenvalue weighted by atomic mass is 19.1. The van der Waals surface area contributed by atoms with E-state index >= 15 is 0 Å². The molecule has 2 unspecified atom stereocenters. The molecule has 1 fully saturated rings. The van der Waals surface area contributed by atoms with Gasteiger partial charge in [-0.05, 0) is 24.2 Å². The Kier molecular flexibility index (Phi) is 4.67. The van der Waals surface area contributed by atoms with Crippen molar-refractivity contribution in [1.29, 1.82) is 0 Å². The molecule has 0 amide bonds. The number of benzene rings is 1. The summed E-state index contributed by atoms with van der Waals surface area (Å²) in [5.74, 6) is -2.77. The van der Waals surface area contributed by atoms with Gasteiger partial charge in [-0.15, -0.1) is 0 Å². The topological polar surface area (TPSA) is 49.8 Å². The molecule has 0 bridgehead atoms. The van der Waals surface area contributed by atoms with E-state index < -0.39 is 23.5 Å². The van der Waals surface area contributed by atoms with E-state index in [-0.39, 0.29) is 12.6 Å². The second kappa shape index (κ2) is 6.28. The van der Waals surface area contributed by atoms with Crippen molar-refractivity contribution in [2.24, 2.45) is 5.92 Å². The molecule has 4 nitrogen and oxygen atoms in total. The molecule has 2 atom stereocenters. The number of carbonyl (C=O) groups is 1. The zero-order valence-corrected chi connectivity index (χ0v) is 11.2. The first-order chi connectivity index (χ1) is 9.51. The zero-order chi connectivity index (χ0) is 14.7. The minimum absolute atomic E-state index is 0.175. The van der Waals surface area contributed by atoms with Crippen LogP contribution in [0.2, 0.25) is 0 Å². The van der Waals surface area contributed by atoms with Crippen LogP contribution in [0.15, 0.2) is 18.2 Å². The number of rotatable bonds is 5. The Labute approximate surface area is 116 Å². The van der Waals surface area contributed by atoms with Gasteiger partial charge >= 0.3 is 5.97 Å². The number of halogens is 2. The highest BCUT2D eigenvalue weighted by molar-refractivity contribution is 5.71. The standard InChI is InChI=1S/C14H17F2NO3/c1-2-17(13-8-20-7-12(13)14(18)19)6-9-3-10(15)5-11(16)4-9/h3-5,12-13H,2,6-8H2,1H3,(H,18,19). The van der Waals surface area contributed by atoms with Crippen molar-refractivity contribution in [2.45, 2.75) is 19.5 Å². The van der Waals surface area contributed by atoms with Crippen LogP contribution >= 0.6 is 0 Å². The van der Waals surface area contributed by atoms with Crippen LogP contribution in [-0.2, 0) is 16.1 Å². The monoisotopic (exact) mass is 285 g/mol. The van der Waals surface area contributed by atoms with Gasteiger partial charge in [0.1, 0.15) is 11.6 Å². The van der Waals surface area contributed by atoms with Crippen LogP contribution < -0.4 is 0 Å². The van der Waals surface area contributed by atoms with Crippen molar-refractivity contribution in [2.75, 3.05) is 19.8 Å². The van der Waals surface area contributed by atoms with Gasteiger partial charge in [0.25, 0.3) is 0 Å². The van der Waals surface area contributed by atoms with Gasteiger partial charge in [0.15, 0.2) is 0 Å². The molecule has 0 saturated carbocycles. The molecule has 1 aliphatic rings. The summed E-state index contributed by atoms with van der Waals surface area (Å²) in [7, 11) is 0. The normalized spacial score (nSPS) is 22.4. The Bertz CT molecular complexity index is 475. The number of hydrogen-bond donors (Lipinski definition) is 1. The lowest BCUT2D eigenvalue weighted by Gasteiger charge is -2.29. The van der Waals surface area contributed by atoms with E-state index in [1.165, 1.54) is 12.1 Å². The maximum Gasteiger partial charge on any atom is 0.310 e. The van der Waals surface area contributed by atoms with E-state index in [4.69, 9.17) is 9.84 Å². The molecule has 0 aromatic heterocycles. The van der Waals surface area contributed by atoms with E-state index in [0.717, 1.165) is 6.07 Å². The highest BCUT2D eigenvalue weighted by Crippen LogP contribution is 2.22. The summed E-state index contributed by atoms with van der Waals surface area (Å²) in [4.78, 5) is 13.0. The van der Waals surface area contributed by atoms with Crippen LogP contribution in [-0.4, -0.2) is 41.8 Å². The predicted octanol–water partition coefficient (Wildman–Crippen LogP) is 1.89. The summed E-state index contributed by atoms with van der Waals surface area (Å²) in [6.45, 7) is 3.25. The van der Waals surface area contributed by atoms with E-state index in [0.29, 0.717) is 25.3 Å².